The summed E-state index contributed by atoms with van der Waals surface area (Å²) in [6, 6.07) is 0. The van der Waals surface area contributed by atoms with Crippen molar-refractivity contribution in [3.05, 3.63) is 32.9 Å². The van der Waals surface area contributed by atoms with Crippen molar-refractivity contribution in [1.82, 2.24) is 9.55 Å². The molecule has 1 aromatic heterocycles. The van der Waals surface area contributed by atoms with Gasteiger partial charge < -0.3 is 29.5 Å². The van der Waals surface area contributed by atoms with Gasteiger partial charge in [-0.1, -0.05) is 33.6 Å². The van der Waals surface area contributed by atoms with Crippen LogP contribution < -0.4 is 11.2 Å². The highest BCUT2D eigenvalue weighted by Gasteiger charge is 2.65. The molecule has 0 unspecified atom stereocenters. The van der Waals surface area contributed by atoms with Gasteiger partial charge in [0.15, 0.2) is 6.73 Å². The number of halogens is 1. The minimum Gasteiger partial charge on any atom is -0.481 e. The number of carbonyl (C=O) groups is 3. The zero-order chi connectivity index (χ0) is 38.5. The number of hydrogen-bond acceptors (Lipinski definition) is 10. The first-order chi connectivity index (χ1) is 25.1. The maximum Gasteiger partial charge on any atom is 0.331 e. The summed E-state index contributed by atoms with van der Waals surface area (Å²) in [5, 5.41) is 32.7. The van der Waals surface area contributed by atoms with Crippen LogP contribution >= 0.6 is 0 Å². The van der Waals surface area contributed by atoms with Gasteiger partial charge in [-0.2, -0.15) is 4.39 Å². The maximum absolute atomic E-state index is 13.3. The second kappa shape index (κ2) is 17.6. The highest BCUT2D eigenvalue weighted by atomic mass is 19.1. The van der Waals surface area contributed by atoms with Crippen LogP contribution in [0.4, 0.5) is 4.39 Å². The first-order valence-electron chi connectivity index (χ1n) is 19.6. The summed E-state index contributed by atoms with van der Waals surface area (Å²) in [5.41, 5.74) is -2.34. The molecule has 0 amide bonds. The molecule has 0 bridgehead atoms. The Hall–Kier alpha value is -3.10. The number of aliphatic hydroxyl groups is 2. The molecule has 298 valence electrons. The van der Waals surface area contributed by atoms with Crippen molar-refractivity contribution < 1.29 is 48.3 Å². The Balaban J connectivity index is 0.972. The average molecular weight is 751 g/mol. The molecule has 4 N–H and O–H groups in total. The first-order valence-corrected chi connectivity index (χ1v) is 19.6. The largest absolute Gasteiger partial charge is 0.481 e. The minimum atomic E-state index is -1.15. The lowest BCUT2D eigenvalue weighted by atomic mass is 9.43. The van der Waals surface area contributed by atoms with Crippen LogP contribution in [-0.4, -0.2) is 74.3 Å². The molecule has 13 nitrogen and oxygen atoms in total. The number of esters is 2. The van der Waals surface area contributed by atoms with Crippen LogP contribution in [0.5, 0.6) is 0 Å². The maximum atomic E-state index is 13.3. The summed E-state index contributed by atoms with van der Waals surface area (Å²) in [4.78, 5) is 60.0. The Morgan fingerprint density at radius 1 is 0.943 bits per heavy atom. The third kappa shape index (κ3) is 9.24. The Morgan fingerprint density at radius 2 is 1.64 bits per heavy atom. The summed E-state index contributed by atoms with van der Waals surface area (Å²) >= 11 is 0. The molecule has 4 saturated carbocycles. The van der Waals surface area contributed by atoms with Crippen LogP contribution in [0.2, 0.25) is 0 Å². The number of aromatic nitrogens is 2. The summed E-state index contributed by atoms with van der Waals surface area (Å²) in [5.74, 6) is -1.50. The summed E-state index contributed by atoms with van der Waals surface area (Å²) in [6.45, 7) is 6.65. The van der Waals surface area contributed by atoms with Gasteiger partial charge in [0.2, 0.25) is 5.82 Å². The van der Waals surface area contributed by atoms with Crippen molar-refractivity contribution >= 4 is 17.9 Å². The lowest BCUT2D eigenvalue weighted by Crippen LogP contribution is -2.62. The minimum absolute atomic E-state index is 0.00190. The topological polar surface area (TPSA) is 194 Å². The second-order valence-corrected chi connectivity index (χ2v) is 16.8. The van der Waals surface area contributed by atoms with Crippen molar-refractivity contribution in [1.29, 1.82) is 0 Å². The molecular weight excluding hydrogens is 691 g/mol. The van der Waals surface area contributed by atoms with Crippen molar-refractivity contribution in [2.24, 2.45) is 46.3 Å². The quantitative estimate of drug-likeness (QED) is 0.129. The summed E-state index contributed by atoms with van der Waals surface area (Å²) in [6.07, 6.45) is 9.39. The van der Waals surface area contributed by atoms with E-state index in [0.29, 0.717) is 51.3 Å². The number of unbranched alkanes of at least 4 members (excludes halogenated alkanes) is 3. The van der Waals surface area contributed by atoms with E-state index in [1.807, 2.05) is 0 Å². The standard InChI is InChI=1S/C39H59FN2O11/c1-23(10-13-32(45)46)26-11-12-27-35-28(20-31(44)39(26,27)3)38(2)15-14-25(18-24(38)19-30(35)43)51-16-17-52-33(47)8-6-4-5-7-9-34(48)53-22-42-21-29(40)36(49)41-37(42)50/h21,23-28,30-31,35,43-44H,4-20,22H2,1-3H3,(H,45,46)(H,41,49,50)/t23-,24+,25+,26-,27+,28+,30-,31+,35+,38+,39-/m1/s1. The van der Waals surface area contributed by atoms with Crippen LogP contribution in [-0.2, 0) is 35.3 Å². The molecule has 5 rings (SSSR count). The van der Waals surface area contributed by atoms with Gasteiger partial charge in [0.25, 0.3) is 5.56 Å². The molecule has 1 heterocycles. The monoisotopic (exact) mass is 750 g/mol. The molecule has 4 aliphatic carbocycles. The molecule has 53 heavy (non-hydrogen) atoms. The van der Waals surface area contributed by atoms with Crippen LogP contribution in [0, 0.1) is 52.2 Å². The van der Waals surface area contributed by atoms with Crippen LogP contribution in [0.15, 0.2) is 15.8 Å². The van der Waals surface area contributed by atoms with Crippen molar-refractivity contribution in [3.8, 4) is 0 Å². The molecule has 0 radical (unpaired) electrons. The Bertz CT molecular complexity index is 1560. The SMILES string of the molecule is C[C@H](CCC(=O)O)[C@H]1CC[C@H]2[C@@H]3[C@H](O)C[C@@H]4C[C@@H](OCCOC(=O)CCCCCCC(=O)OCn5cc(F)c(=O)[nH]c5=O)CC[C@]4(C)[C@H]3C[C@H](O)[C@]12C. The molecule has 11 atom stereocenters. The highest BCUT2D eigenvalue weighted by molar-refractivity contribution is 5.69. The lowest BCUT2D eigenvalue weighted by Gasteiger charge is -2.63. The fourth-order valence-corrected chi connectivity index (χ4v) is 10.9. The van der Waals surface area contributed by atoms with Gasteiger partial charge in [-0.3, -0.25) is 28.7 Å². The van der Waals surface area contributed by atoms with Gasteiger partial charge in [0.1, 0.15) is 6.61 Å². The summed E-state index contributed by atoms with van der Waals surface area (Å²) in [7, 11) is 0. The molecule has 0 saturated heterocycles. The number of ether oxygens (including phenoxy) is 3. The molecule has 0 aliphatic heterocycles. The molecule has 0 aromatic carbocycles. The van der Waals surface area contributed by atoms with Gasteiger partial charge in [-0.15, -0.1) is 0 Å². The smallest absolute Gasteiger partial charge is 0.331 e. The lowest BCUT2D eigenvalue weighted by molar-refractivity contribution is -0.209. The number of carbonyl (C=O) groups excluding carboxylic acids is 2. The number of aliphatic hydroxyl groups excluding tert-OH is 2. The van der Waals surface area contributed by atoms with Gasteiger partial charge in [-0.05, 0) is 111 Å². The van der Waals surface area contributed by atoms with Crippen molar-refractivity contribution in [3.63, 3.8) is 0 Å². The van der Waals surface area contributed by atoms with Crippen LogP contribution in [0.25, 0.3) is 0 Å². The van der Waals surface area contributed by atoms with E-state index in [4.69, 9.17) is 14.2 Å². The first kappa shape index (κ1) is 41.1. The van der Waals surface area contributed by atoms with Gasteiger partial charge in [0, 0.05) is 19.3 Å². The molecule has 4 aliphatic rings. The number of aromatic amines is 1. The number of carboxylic acid groups (broad SMARTS) is 1. The van der Waals surface area contributed by atoms with Gasteiger partial charge in [-0.25, -0.2) is 4.79 Å². The third-order valence-corrected chi connectivity index (χ3v) is 13.9. The number of nitrogens with zero attached hydrogens (tertiary/aromatic N) is 1. The number of fused-ring (bicyclic) bond motifs is 5. The molecule has 1 aromatic rings. The van der Waals surface area contributed by atoms with E-state index in [-0.39, 0.29) is 84.3 Å². The van der Waals surface area contributed by atoms with Crippen molar-refractivity contribution in [2.75, 3.05) is 13.2 Å². The number of rotatable bonds is 17. The van der Waals surface area contributed by atoms with E-state index in [2.05, 4.69) is 20.8 Å². The predicted molar refractivity (Wildman–Crippen MR) is 190 cm³/mol. The normalized spacial score (nSPS) is 34.0. The average Bonchev–Trinajstić information content (AvgIpc) is 3.47. The van der Waals surface area contributed by atoms with Crippen molar-refractivity contribution in [2.45, 2.75) is 142 Å². The van der Waals surface area contributed by atoms with Crippen LogP contribution in [0.3, 0.4) is 0 Å². The summed E-state index contributed by atoms with van der Waals surface area (Å²) < 4.78 is 30.6. The Kier molecular flexibility index (Phi) is 13.6. The second-order valence-electron chi connectivity index (χ2n) is 16.8. The van der Waals surface area contributed by atoms with Gasteiger partial charge in [0.05, 0.1) is 31.1 Å². The van der Waals surface area contributed by atoms with E-state index in [1.54, 1.807) is 4.98 Å². The number of hydrogen-bond donors (Lipinski definition) is 4. The Labute approximate surface area is 310 Å². The number of H-pyrrole nitrogens is 1. The zero-order valence-corrected chi connectivity index (χ0v) is 31.4. The van der Waals surface area contributed by atoms with E-state index in [1.165, 1.54) is 0 Å². The van der Waals surface area contributed by atoms with E-state index < -0.39 is 47.9 Å². The molecule has 4 fully saturated rings. The van der Waals surface area contributed by atoms with E-state index in [9.17, 15) is 43.7 Å². The fraction of sp³-hybridized carbons (Fsp3) is 0.821. The Morgan fingerprint density at radius 3 is 2.34 bits per heavy atom. The third-order valence-electron chi connectivity index (χ3n) is 13.9. The van der Waals surface area contributed by atoms with Crippen LogP contribution in [0.1, 0.15) is 117 Å². The molecule has 14 heteroatoms. The van der Waals surface area contributed by atoms with E-state index >= 15 is 0 Å². The predicted octanol–water partition coefficient (Wildman–Crippen LogP) is 4.55. The molecule has 0 spiro atoms. The number of nitrogens with one attached hydrogen (secondary N) is 1. The fourth-order valence-electron chi connectivity index (χ4n) is 10.9. The number of carboxylic acids is 1. The highest BCUT2D eigenvalue weighted by Crippen LogP contribution is 2.68. The van der Waals surface area contributed by atoms with Gasteiger partial charge >= 0.3 is 23.6 Å². The number of aliphatic carboxylic acids is 1. The van der Waals surface area contributed by atoms with E-state index in [0.717, 1.165) is 43.1 Å². The molecular formula is C39H59FN2O11. The zero-order valence-electron chi connectivity index (χ0n) is 31.4.